The van der Waals surface area contributed by atoms with Crippen LogP contribution in [-0.4, -0.2) is 15.0 Å². The van der Waals surface area contributed by atoms with Crippen LogP contribution in [-0.2, 0) is 6.54 Å². The molecule has 0 unspecified atom stereocenters. The van der Waals surface area contributed by atoms with Gasteiger partial charge >= 0.3 is 0 Å². The first kappa shape index (κ1) is 9.79. The number of halogens is 1. The third kappa shape index (κ3) is 1.73. The molecule has 0 saturated carbocycles. The Morgan fingerprint density at radius 3 is 2.87 bits per heavy atom. The zero-order valence-electron chi connectivity index (χ0n) is 8.31. The Morgan fingerprint density at radius 2 is 2.27 bits per heavy atom. The molecule has 0 aliphatic carbocycles. The van der Waals surface area contributed by atoms with Gasteiger partial charge in [0.05, 0.1) is 17.6 Å². The van der Waals surface area contributed by atoms with Crippen LogP contribution in [0.2, 0.25) is 0 Å². The lowest BCUT2D eigenvalue weighted by Crippen LogP contribution is -2.07. The summed E-state index contributed by atoms with van der Waals surface area (Å²) in [5.41, 5.74) is 7.90. The van der Waals surface area contributed by atoms with Crippen molar-refractivity contribution in [2.45, 2.75) is 13.5 Å². The van der Waals surface area contributed by atoms with Crippen LogP contribution in [0.25, 0.3) is 5.69 Å². The van der Waals surface area contributed by atoms with Gasteiger partial charge in [-0.05, 0) is 24.6 Å². The minimum Gasteiger partial charge on any atom is -0.326 e. The molecule has 0 aliphatic rings. The third-order valence-electron chi connectivity index (χ3n) is 2.22. The van der Waals surface area contributed by atoms with Gasteiger partial charge < -0.3 is 5.73 Å². The van der Waals surface area contributed by atoms with Gasteiger partial charge in [0.1, 0.15) is 5.82 Å². The summed E-state index contributed by atoms with van der Waals surface area (Å²) < 4.78 is 14.7. The topological polar surface area (TPSA) is 56.7 Å². The van der Waals surface area contributed by atoms with E-state index in [4.69, 9.17) is 5.73 Å². The Bertz CT molecular complexity index is 478. The van der Waals surface area contributed by atoms with E-state index >= 15 is 0 Å². The number of hydrogen-bond donors (Lipinski definition) is 1. The van der Waals surface area contributed by atoms with Crippen molar-refractivity contribution >= 4 is 0 Å². The molecular weight excluding hydrogens is 195 g/mol. The lowest BCUT2D eigenvalue weighted by atomic mass is 10.1. The number of aryl methyl sites for hydroxylation is 1. The van der Waals surface area contributed by atoms with E-state index in [-0.39, 0.29) is 5.82 Å². The molecule has 0 aliphatic heterocycles. The monoisotopic (exact) mass is 206 g/mol. The van der Waals surface area contributed by atoms with Crippen LogP contribution in [0.15, 0.2) is 24.4 Å². The van der Waals surface area contributed by atoms with Crippen molar-refractivity contribution < 1.29 is 4.39 Å². The summed E-state index contributed by atoms with van der Waals surface area (Å²) in [7, 11) is 0. The second kappa shape index (κ2) is 3.78. The molecular formula is C10H11FN4. The maximum atomic E-state index is 13.1. The molecule has 0 atom stereocenters. The summed E-state index contributed by atoms with van der Waals surface area (Å²) in [6.45, 7) is 2.19. The van der Waals surface area contributed by atoms with Gasteiger partial charge in [0.25, 0.3) is 0 Å². The van der Waals surface area contributed by atoms with Crippen LogP contribution in [0.4, 0.5) is 4.39 Å². The molecule has 0 fully saturated rings. The standard InChI is InChI=1S/C10H11FN4/c1-7-6-13-14-15(7)10-4-9(11)3-2-8(10)5-12/h2-4,6H,5,12H2,1H3. The summed E-state index contributed by atoms with van der Waals surface area (Å²) in [5.74, 6) is -0.308. The second-order valence-electron chi connectivity index (χ2n) is 3.26. The van der Waals surface area contributed by atoms with Crippen LogP contribution in [0.1, 0.15) is 11.3 Å². The summed E-state index contributed by atoms with van der Waals surface area (Å²) in [4.78, 5) is 0. The largest absolute Gasteiger partial charge is 0.326 e. The smallest absolute Gasteiger partial charge is 0.125 e. The first-order valence-electron chi connectivity index (χ1n) is 4.58. The fraction of sp³-hybridized carbons (Fsp3) is 0.200. The van der Waals surface area contributed by atoms with Crippen molar-refractivity contribution in [3.8, 4) is 5.69 Å². The zero-order valence-corrected chi connectivity index (χ0v) is 8.31. The average Bonchev–Trinajstić information content (AvgIpc) is 2.64. The number of nitrogens with two attached hydrogens (primary N) is 1. The molecule has 0 spiro atoms. The number of benzene rings is 1. The number of aromatic nitrogens is 3. The van der Waals surface area contributed by atoms with E-state index in [9.17, 15) is 4.39 Å². The maximum Gasteiger partial charge on any atom is 0.125 e. The molecule has 0 amide bonds. The molecule has 2 N–H and O–H groups in total. The zero-order chi connectivity index (χ0) is 10.8. The number of rotatable bonds is 2. The second-order valence-corrected chi connectivity index (χ2v) is 3.26. The third-order valence-corrected chi connectivity index (χ3v) is 2.22. The van der Waals surface area contributed by atoms with E-state index in [1.54, 1.807) is 16.9 Å². The van der Waals surface area contributed by atoms with Gasteiger partial charge in [0.15, 0.2) is 0 Å². The van der Waals surface area contributed by atoms with E-state index in [0.717, 1.165) is 11.3 Å². The van der Waals surface area contributed by atoms with E-state index in [1.807, 2.05) is 6.92 Å². The lowest BCUT2D eigenvalue weighted by molar-refractivity contribution is 0.623. The SMILES string of the molecule is Cc1cnnn1-c1cc(F)ccc1CN. The van der Waals surface area contributed by atoms with Gasteiger partial charge in [-0.25, -0.2) is 9.07 Å². The Hall–Kier alpha value is -1.75. The molecule has 1 aromatic heterocycles. The predicted molar refractivity (Wildman–Crippen MR) is 53.9 cm³/mol. The van der Waals surface area contributed by atoms with Crippen LogP contribution in [0, 0.1) is 12.7 Å². The van der Waals surface area contributed by atoms with Gasteiger partial charge in [0, 0.05) is 6.54 Å². The van der Waals surface area contributed by atoms with Gasteiger partial charge in [-0.1, -0.05) is 11.3 Å². The maximum absolute atomic E-state index is 13.1. The minimum absolute atomic E-state index is 0.308. The van der Waals surface area contributed by atoms with Gasteiger partial charge in [-0.2, -0.15) is 0 Å². The first-order chi connectivity index (χ1) is 7.22. The van der Waals surface area contributed by atoms with Gasteiger partial charge in [-0.15, -0.1) is 5.10 Å². The fourth-order valence-electron chi connectivity index (χ4n) is 1.43. The van der Waals surface area contributed by atoms with Crippen molar-refractivity contribution in [3.63, 3.8) is 0 Å². The van der Waals surface area contributed by atoms with E-state index < -0.39 is 0 Å². The molecule has 2 aromatic rings. The highest BCUT2D eigenvalue weighted by atomic mass is 19.1. The summed E-state index contributed by atoms with van der Waals surface area (Å²) >= 11 is 0. The Labute approximate surface area is 86.5 Å². The summed E-state index contributed by atoms with van der Waals surface area (Å²) in [6, 6.07) is 4.45. The molecule has 2 rings (SSSR count). The molecule has 0 radical (unpaired) electrons. The molecule has 78 valence electrons. The quantitative estimate of drug-likeness (QED) is 0.802. The van der Waals surface area contributed by atoms with Crippen LogP contribution < -0.4 is 5.73 Å². The van der Waals surface area contributed by atoms with Crippen LogP contribution >= 0.6 is 0 Å². The average molecular weight is 206 g/mol. The van der Waals surface area contributed by atoms with E-state index in [1.165, 1.54) is 12.1 Å². The van der Waals surface area contributed by atoms with Crippen molar-refractivity contribution in [3.05, 3.63) is 41.5 Å². The van der Waals surface area contributed by atoms with Crippen molar-refractivity contribution in [1.29, 1.82) is 0 Å². The Morgan fingerprint density at radius 1 is 1.47 bits per heavy atom. The summed E-state index contributed by atoms with van der Waals surface area (Å²) in [6.07, 6.45) is 1.62. The number of hydrogen-bond acceptors (Lipinski definition) is 3. The highest BCUT2D eigenvalue weighted by molar-refractivity contribution is 5.41. The highest BCUT2D eigenvalue weighted by Crippen LogP contribution is 2.16. The highest BCUT2D eigenvalue weighted by Gasteiger charge is 2.08. The summed E-state index contributed by atoms with van der Waals surface area (Å²) in [5, 5.41) is 7.63. The first-order valence-corrected chi connectivity index (χ1v) is 4.58. The molecule has 4 nitrogen and oxygen atoms in total. The van der Waals surface area contributed by atoms with Crippen molar-refractivity contribution in [2.24, 2.45) is 5.73 Å². The Kier molecular flexibility index (Phi) is 2.47. The molecule has 1 aromatic carbocycles. The van der Waals surface area contributed by atoms with Crippen LogP contribution in [0.3, 0.4) is 0 Å². The van der Waals surface area contributed by atoms with Crippen LogP contribution in [0.5, 0.6) is 0 Å². The molecule has 0 saturated heterocycles. The van der Waals surface area contributed by atoms with Crippen molar-refractivity contribution in [1.82, 2.24) is 15.0 Å². The molecule has 5 heteroatoms. The van der Waals surface area contributed by atoms with Crippen molar-refractivity contribution in [2.75, 3.05) is 0 Å². The normalized spacial score (nSPS) is 10.6. The fourth-order valence-corrected chi connectivity index (χ4v) is 1.43. The molecule has 1 heterocycles. The molecule has 15 heavy (non-hydrogen) atoms. The lowest BCUT2D eigenvalue weighted by Gasteiger charge is -2.08. The molecule has 0 bridgehead atoms. The Balaban J connectivity index is 2.60. The van der Waals surface area contributed by atoms with Gasteiger partial charge in [-0.3, -0.25) is 0 Å². The predicted octanol–water partition coefficient (Wildman–Crippen LogP) is 1.17. The minimum atomic E-state index is -0.308. The number of nitrogens with zero attached hydrogens (tertiary/aromatic N) is 3. The van der Waals surface area contributed by atoms with E-state index in [2.05, 4.69) is 10.3 Å². The van der Waals surface area contributed by atoms with E-state index in [0.29, 0.717) is 12.2 Å². The van der Waals surface area contributed by atoms with Gasteiger partial charge in [0.2, 0.25) is 0 Å².